The highest BCUT2D eigenvalue weighted by atomic mass is 16.7. The number of carbonyl (C=O) groups excluding carboxylic acids is 4. The van der Waals surface area contributed by atoms with Crippen molar-refractivity contribution in [3.05, 3.63) is 24.3 Å². The largest absolute Gasteiger partial charge is 0.462 e. The van der Waals surface area contributed by atoms with E-state index >= 15 is 0 Å². The zero-order valence-electron chi connectivity index (χ0n) is 34.5. The van der Waals surface area contributed by atoms with Gasteiger partial charge in [0, 0.05) is 39.7 Å². The minimum Gasteiger partial charge on any atom is -0.462 e. The maximum absolute atomic E-state index is 13.3. The summed E-state index contributed by atoms with van der Waals surface area (Å²) in [6, 6.07) is -0.771. The number of carbonyl (C=O) groups is 4. The molecule has 0 aromatic heterocycles. The molecule has 1 unspecified atom stereocenters. The minimum atomic E-state index is -1.49. The summed E-state index contributed by atoms with van der Waals surface area (Å²) in [4.78, 5) is 52.5. The Balaban J connectivity index is 2.09. The molecule has 16 heteroatoms. The zero-order chi connectivity index (χ0) is 41.9. The molecule has 3 aliphatic heterocycles. The Labute approximate surface area is 330 Å². The predicted octanol–water partition coefficient (Wildman–Crippen LogP) is 2.38. The van der Waals surface area contributed by atoms with Crippen LogP contribution in [0.3, 0.4) is 0 Å². The van der Waals surface area contributed by atoms with E-state index in [9.17, 15) is 34.5 Å². The van der Waals surface area contributed by atoms with Gasteiger partial charge in [-0.2, -0.15) is 0 Å². The first-order valence-electron chi connectivity index (χ1n) is 19.6. The van der Waals surface area contributed by atoms with Gasteiger partial charge in [-0.1, -0.05) is 32.1 Å². The first kappa shape index (κ1) is 47.6. The molecule has 3 aliphatic rings. The molecule has 16 atom stereocenters. The summed E-state index contributed by atoms with van der Waals surface area (Å²) in [5.74, 6) is -2.88. The second-order valence-corrected chi connectivity index (χ2v) is 15.7. The standard InChI is InChI=1S/C40H65NO15/c1-11-30(44)54-29-20-31(45)50-23(3)15-13-12-14-16-28(53-26(6)43)22(2)19-27(17-18-42)36(37(29)49-10)56-39-34(46)33(41(8)9)35(24(4)52-39)55-32-21-40(7,48)38(47)25(5)51-32/h12-14,16,18,22-25,27-29,32-39,46-48H,11,15,17,19-21H2,1-10H3/b13-12+,16-14+/t22-,23-,24-,25+,27+,28+,29-,32+,33?,34-,35-,36+,37+,38+,39+,40-/m1/s1. The van der Waals surface area contributed by atoms with E-state index in [4.69, 9.17) is 37.9 Å². The number of rotatable bonds is 11. The SMILES string of the molecule is CCC(=O)O[C@@H]1CC(=O)O[C@H](C)C/C=C/C=C/[C@H](OC(C)=O)[C@H](C)C[C@H](CC=O)[C@H](O[C@@H]2O[C@H](C)[C@@H](O[C@H]3C[C@@](C)(O)[C@@H](O)[C@H](C)O3)C(N(C)C)[C@H]2O)[C@H]1OC. The maximum Gasteiger partial charge on any atom is 0.309 e. The number of hydrogen-bond donors (Lipinski definition) is 3. The highest BCUT2D eigenvalue weighted by Crippen LogP contribution is 2.37. The lowest BCUT2D eigenvalue weighted by Gasteiger charge is -2.50. The highest BCUT2D eigenvalue weighted by molar-refractivity contribution is 5.72. The highest BCUT2D eigenvalue weighted by Gasteiger charge is 2.52. The number of hydrogen-bond acceptors (Lipinski definition) is 16. The number of allylic oxidation sites excluding steroid dienone is 2. The summed E-state index contributed by atoms with van der Waals surface area (Å²) < 4.78 is 48.5. The lowest BCUT2D eigenvalue weighted by atomic mass is 9.82. The molecule has 2 fully saturated rings. The molecular formula is C40H65NO15. The minimum absolute atomic E-state index is 0.00828. The quantitative estimate of drug-likeness (QED) is 0.156. The Hall–Kier alpha value is -2.80. The number of methoxy groups -OCH3 is 1. The Bertz CT molecular complexity index is 1340. The van der Waals surface area contributed by atoms with Gasteiger partial charge in [-0.25, -0.2) is 0 Å². The number of aliphatic hydroxyl groups excluding tert-OH is 2. The van der Waals surface area contributed by atoms with Gasteiger partial charge < -0.3 is 62.9 Å². The van der Waals surface area contributed by atoms with Crippen LogP contribution in [-0.4, -0.2) is 151 Å². The molecule has 0 spiro atoms. The van der Waals surface area contributed by atoms with Crippen molar-refractivity contribution < 1.29 is 72.4 Å². The van der Waals surface area contributed by atoms with Gasteiger partial charge in [0.2, 0.25) is 0 Å². The molecule has 3 rings (SSSR count). The molecule has 0 saturated carbocycles. The van der Waals surface area contributed by atoms with Gasteiger partial charge >= 0.3 is 17.9 Å². The number of aliphatic hydroxyl groups is 3. The van der Waals surface area contributed by atoms with Crippen LogP contribution in [0.1, 0.15) is 87.0 Å². The molecule has 0 bridgehead atoms. The van der Waals surface area contributed by atoms with Gasteiger partial charge in [0.05, 0.1) is 36.4 Å². The molecule has 16 nitrogen and oxygen atoms in total. The fourth-order valence-electron chi connectivity index (χ4n) is 7.72. The molecule has 0 aliphatic carbocycles. The molecule has 0 aromatic rings. The Morgan fingerprint density at radius 2 is 1.71 bits per heavy atom. The van der Waals surface area contributed by atoms with Crippen molar-refractivity contribution in [1.82, 2.24) is 4.90 Å². The molecular weight excluding hydrogens is 734 g/mol. The molecule has 0 aromatic carbocycles. The monoisotopic (exact) mass is 799 g/mol. The van der Waals surface area contributed by atoms with Crippen LogP contribution < -0.4 is 0 Å². The number of aldehydes is 1. The topological polar surface area (TPSA) is 206 Å². The normalized spacial score (nSPS) is 41.6. The molecule has 0 radical (unpaired) electrons. The second-order valence-electron chi connectivity index (χ2n) is 15.7. The second kappa shape index (κ2) is 21.8. The van der Waals surface area contributed by atoms with E-state index in [1.807, 2.05) is 13.0 Å². The number of likely N-dealkylation sites (N-methyl/N-ethyl adjacent to an activating group) is 1. The third-order valence-corrected chi connectivity index (χ3v) is 10.7. The summed E-state index contributed by atoms with van der Waals surface area (Å²) in [5, 5.41) is 33.3. The number of ether oxygens (including phenoxy) is 8. The van der Waals surface area contributed by atoms with E-state index in [2.05, 4.69) is 0 Å². The lowest BCUT2D eigenvalue weighted by molar-refractivity contribution is -0.344. The summed E-state index contributed by atoms with van der Waals surface area (Å²) in [6.07, 6.45) is -4.18. The predicted molar refractivity (Wildman–Crippen MR) is 201 cm³/mol. The summed E-state index contributed by atoms with van der Waals surface area (Å²) in [7, 11) is 4.85. The average Bonchev–Trinajstić information content (AvgIpc) is 3.10. The summed E-state index contributed by atoms with van der Waals surface area (Å²) >= 11 is 0. The summed E-state index contributed by atoms with van der Waals surface area (Å²) in [6.45, 7) is 11.4. The first-order chi connectivity index (χ1) is 26.3. The lowest BCUT2D eigenvalue weighted by Crippen LogP contribution is -2.65. The smallest absolute Gasteiger partial charge is 0.309 e. The summed E-state index contributed by atoms with van der Waals surface area (Å²) in [5.41, 5.74) is -1.49. The third-order valence-electron chi connectivity index (χ3n) is 10.7. The zero-order valence-corrected chi connectivity index (χ0v) is 34.5. The van der Waals surface area contributed by atoms with Crippen LogP contribution in [0.2, 0.25) is 0 Å². The molecule has 3 heterocycles. The van der Waals surface area contributed by atoms with Crippen molar-refractivity contribution in [1.29, 1.82) is 0 Å². The molecule has 2 saturated heterocycles. The van der Waals surface area contributed by atoms with Crippen LogP contribution in [0.15, 0.2) is 24.3 Å². The van der Waals surface area contributed by atoms with E-state index in [0.29, 0.717) is 12.7 Å². The van der Waals surface area contributed by atoms with Gasteiger partial charge in [0.15, 0.2) is 12.6 Å². The maximum atomic E-state index is 13.3. The van der Waals surface area contributed by atoms with Crippen LogP contribution in [0.4, 0.5) is 0 Å². The van der Waals surface area contributed by atoms with Crippen LogP contribution in [0, 0.1) is 11.8 Å². The number of cyclic esters (lactones) is 1. The van der Waals surface area contributed by atoms with Crippen molar-refractivity contribution >= 4 is 24.2 Å². The van der Waals surface area contributed by atoms with Crippen LogP contribution in [-0.2, 0) is 57.1 Å². The first-order valence-corrected chi connectivity index (χ1v) is 19.6. The number of nitrogens with zero attached hydrogens (tertiary/aromatic N) is 1. The fraction of sp³-hybridized carbons (Fsp3) is 0.800. The van der Waals surface area contributed by atoms with E-state index in [1.54, 1.807) is 64.9 Å². The third kappa shape index (κ3) is 13.1. The van der Waals surface area contributed by atoms with E-state index in [0.717, 1.165) is 0 Å². The van der Waals surface area contributed by atoms with Crippen LogP contribution in [0.5, 0.6) is 0 Å². The molecule has 56 heavy (non-hydrogen) atoms. The van der Waals surface area contributed by atoms with Crippen molar-refractivity contribution in [2.45, 2.75) is 172 Å². The Morgan fingerprint density at radius 3 is 2.30 bits per heavy atom. The van der Waals surface area contributed by atoms with Crippen molar-refractivity contribution in [3.8, 4) is 0 Å². The van der Waals surface area contributed by atoms with Gasteiger partial charge in [0.25, 0.3) is 0 Å². The fourth-order valence-corrected chi connectivity index (χ4v) is 7.72. The Morgan fingerprint density at radius 1 is 1.02 bits per heavy atom. The molecule has 0 amide bonds. The van der Waals surface area contributed by atoms with Gasteiger partial charge in [-0.15, -0.1) is 0 Å². The Kier molecular flexibility index (Phi) is 18.5. The molecule has 3 N–H and O–H groups in total. The van der Waals surface area contributed by atoms with Crippen LogP contribution >= 0.6 is 0 Å². The average molecular weight is 800 g/mol. The number of esters is 3. The van der Waals surface area contributed by atoms with E-state index in [-0.39, 0.29) is 31.6 Å². The van der Waals surface area contributed by atoms with Gasteiger partial charge in [0.1, 0.15) is 49.0 Å². The van der Waals surface area contributed by atoms with E-state index in [1.165, 1.54) is 21.0 Å². The van der Waals surface area contributed by atoms with Crippen molar-refractivity contribution in [3.63, 3.8) is 0 Å². The van der Waals surface area contributed by atoms with Crippen LogP contribution in [0.25, 0.3) is 0 Å². The van der Waals surface area contributed by atoms with E-state index < -0.39 is 116 Å². The van der Waals surface area contributed by atoms with Crippen molar-refractivity contribution in [2.75, 3.05) is 21.2 Å². The van der Waals surface area contributed by atoms with Gasteiger partial charge in [-0.3, -0.25) is 14.4 Å². The van der Waals surface area contributed by atoms with Crippen molar-refractivity contribution in [2.24, 2.45) is 11.8 Å². The van der Waals surface area contributed by atoms with Gasteiger partial charge in [-0.05, 0) is 66.1 Å². The molecule has 320 valence electrons.